The SMILES string of the molecule is Cc1cc(C=O)c(C)n1-c1cccc(C(F)(F)F)c1. The zero-order valence-electron chi connectivity index (χ0n) is 10.5. The van der Waals surface area contributed by atoms with Crippen LogP contribution in [0.4, 0.5) is 13.2 Å². The number of halogens is 3. The number of hydrogen-bond acceptors (Lipinski definition) is 1. The van der Waals surface area contributed by atoms with Crippen molar-refractivity contribution in [2.45, 2.75) is 20.0 Å². The second-order valence-corrected chi connectivity index (χ2v) is 4.33. The predicted molar refractivity (Wildman–Crippen MR) is 65.6 cm³/mol. The first-order chi connectivity index (χ1) is 8.84. The number of aldehydes is 1. The third-order valence-corrected chi connectivity index (χ3v) is 3.03. The lowest BCUT2D eigenvalue weighted by Crippen LogP contribution is -2.07. The lowest BCUT2D eigenvalue weighted by atomic mass is 10.2. The van der Waals surface area contributed by atoms with Crippen molar-refractivity contribution in [2.75, 3.05) is 0 Å². The average Bonchev–Trinajstić information content (AvgIpc) is 2.63. The molecule has 1 heterocycles. The second kappa shape index (κ2) is 4.57. The molecule has 0 radical (unpaired) electrons. The van der Waals surface area contributed by atoms with Crippen molar-refractivity contribution in [3.63, 3.8) is 0 Å². The van der Waals surface area contributed by atoms with Gasteiger partial charge in [-0.25, -0.2) is 0 Å². The fourth-order valence-electron chi connectivity index (χ4n) is 2.13. The Labute approximate surface area is 108 Å². The topological polar surface area (TPSA) is 22.0 Å². The fourth-order valence-corrected chi connectivity index (χ4v) is 2.13. The van der Waals surface area contributed by atoms with Crippen LogP contribution >= 0.6 is 0 Å². The Balaban J connectivity index is 2.60. The molecule has 5 heteroatoms. The number of benzene rings is 1. The van der Waals surface area contributed by atoms with Gasteiger partial charge in [-0.15, -0.1) is 0 Å². The number of alkyl halides is 3. The molecule has 0 unspecified atom stereocenters. The number of carbonyl (C=O) groups is 1. The maximum Gasteiger partial charge on any atom is 0.416 e. The van der Waals surface area contributed by atoms with Gasteiger partial charge in [0, 0.05) is 22.6 Å². The number of aromatic nitrogens is 1. The highest BCUT2D eigenvalue weighted by molar-refractivity contribution is 5.77. The molecule has 0 N–H and O–H groups in total. The monoisotopic (exact) mass is 267 g/mol. The Morgan fingerprint density at radius 3 is 2.37 bits per heavy atom. The summed E-state index contributed by atoms with van der Waals surface area (Å²) in [7, 11) is 0. The first-order valence-electron chi connectivity index (χ1n) is 5.66. The summed E-state index contributed by atoms with van der Waals surface area (Å²) in [5.41, 5.74) is 1.53. The zero-order chi connectivity index (χ0) is 14.2. The van der Waals surface area contributed by atoms with E-state index in [1.807, 2.05) is 0 Å². The molecule has 2 aromatic rings. The minimum atomic E-state index is -4.38. The smallest absolute Gasteiger partial charge is 0.318 e. The molecule has 100 valence electrons. The first kappa shape index (κ1) is 13.4. The van der Waals surface area contributed by atoms with Crippen molar-refractivity contribution in [1.82, 2.24) is 4.57 Å². The van der Waals surface area contributed by atoms with Crippen LogP contribution in [0, 0.1) is 13.8 Å². The number of aryl methyl sites for hydroxylation is 1. The Hall–Kier alpha value is -2.04. The molecule has 0 bridgehead atoms. The quantitative estimate of drug-likeness (QED) is 0.756. The maximum atomic E-state index is 12.7. The highest BCUT2D eigenvalue weighted by atomic mass is 19.4. The Morgan fingerprint density at radius 1 is 1.16 bits per heavy atom. The molecule has 0 saturated heterocycles. The summed E-state index contributed by atoms with van der Waals surface area (Å²) in [6, 6.07) is 6.71. The van der Waals surface area contributed by atoms with Gasteiger partial charge in [0.25, 0.3) is 0 Å². The van der Waals surface area contributed by atoms with Crippen LogP contribution in [0.2, 0.25) is 0 Å². The van der Waals surface area contributed by atoms with E-state index >= 15 is 0 Å². The van der Waals surface area contributed by atoms with Gasteiger partial charge in [-0.3, -0.25) is 4.79 Å². The van der Waals surface area contributed by atoms with Crippen LogP contribution in [-0.4, -0.2) is 10.9 Å². The van der Waals surface area contributed by atoms with Crippen molar-refractivity contribution in [2.24, 2.45) is 0 Å². The van der Waals surface area contributed by atoms with Crippen LogP contribution in [0.5, 0.6) is 0 Å². The standard InChI is InChI=1S/C14H12F3NO/c1-9-6-11(8-19)10(2)18(9)13-5-3-4-12(7-13)14(15,16)17/h3-8H,1-2H3. The summed E-state index contributed by atoms with van der Waals surface area (Å²) in [6.07, 6.45) is -3.68. The van der Waals surface area contributed by atoms with E-state index in [1.54, 1.807) is 30.5 Å². The van der Waals surface area contributed by atoms with Crippen LogP contribution in [0.3, 0.4) is 0 Å². The second-order valence-electron chi connectivity index (χ2n) is 4.33. The van der Waals surface area contributed by atoms with Crippen LogP contribution < -0.4 is 0 Å². The van der Waals surface area contributed by atoms with E-state index in [-0.39, 0.29) is 0 Å². The van der Waals surface area contributed by atoms with Crippen LogP contribution in [-0.2, 0) is 6.18 Å². The van der Waals surface area contributed by atoms with E-state index < -0.39 is 11.7 Å². The number of hydrogen-bond donors (Lipinski definition) is 0. The number of rotatable bonds is 2. The summed E-state index contributed by atoms with van der Waals surface area (Å²) in [5, 5.41) is 0. The molecule has 0 saturated carbocycles. The summed E-state index contributed by atoms with van der Waals surface area (Å²) >= 11 is 0. The van der Waals surface area contributed by atoms with E-state index in [1.165, 1.54) is 6.07 Å². The fraction of sp³-hybridized carbons (Fsp3) is 0.214. The number of nitrogens with zero attached hydrogens (tertiary/aromatic N) is 1. The van der Waals surface area contributed by atoms with Gasteiger partial charge in [-0.2, -0.15) is 13.2 Å². The van der Waals surface area contributed by atoms with E-state index in [4.69, 9.17) is 0 Å². The van der Waals surface area contributed by atoms with E-state index in [2.05, 4.69) is 0 Å². The maximum absolute atomic E-state index is 12.7. The lowest BCUT2D eigenvalue weighted by molar-refractivity contribution is -0.137. The zero-order valence-corrected chi connectivity index (χ0v) is 10.5. The van der Waals surface area contributed by atoms with Crippen molar-refractivity contribution >= 4 is 6.29 Å². The molecule has 0 fully saturated rings. The molecule has 0 aliphatic carbocycles. The molecule has 2 nitrogen and oxygen atoms in total. The van der Waals surface area contributed by atoms with Crippen molar-refractivity contribution in [3.05, 3.63) is 52.8 Å². The third kappa shape index (κ3) is 2.41. The summed E-state index contributed by atoms with van der Waals surface area (Å²) in [5.74, 6) is 0. The van der Waals surface area contributed by atoms with Gasteiger partial charge in [0.2, 0.25) is 0 Å². The van der Waals surface area contributed by atoms with Crippen molar-refractivity contribution in [3.8, 4) is 5.69 Å². The molecule has 0 amide bonds. The predicted octanol–water partition coefficient (Wildman–Crippen LogP) is 3.93. The van der Waals surface area contributed by atoms with Crippen LogP contribution in [0.15, 0.2) is 30.3 Å². The summed E-state index contributed by atoms with van der Waals surface area (Å²) in [6.45, 7) is 3.46. The summed E-state index contributed by atoms with van der Waals surface area (Å²) in [4.78, 5) is 10.9. The lowest BCUT2D eigenvalue weighted by Gasteiger charge is -2.12. The Kier molecular flexibility index (Phi) is 3.22. The molecule has 1 aromatic heterocycles. The van der Waals surface area contributed by atoms with Gasteiger partial charge >= 0.3 is 6.18 Å². The molecule has 0 aliphatic heterocycles. The van der Waals surface area contributed by atoms with Gasteiger partial charge in [-0.05, 0) is 38.1 Å². The largest absolute Gasteiger partial charge is 0.416 e. The molecule has 0 spiro atoms. The van der Waals surface area contributed by atoms with E-state index in [9.17, 15) is 18.0 Å². The molecule has 2 rings (SSSR count). The van der Waals surface area contributed by atoms with Gasteiger partial charge in [0.1, 0.15) is 0 Å². The van der Waals surface area contributed by atoms with E-state index in [0.29, 0.717) is 23.2 Å². The molecular weight excluding hydrogens is 255 g/mol. The summed E-state index contributed by atoms with van der Waals surface area (Å²) < 4.78 is 39.7. The average molecular weight is 267 g/mol. The highest BCUT2D eigenvalue weighted by Crippen LogP contribution is 2.31. The van der Waals surface area contributed by atoms with E-state index in [0.717, 1.165) is 17.8 Å². The molecule has 19 heavy (non-hydrogen) atoms. The van der Waals surface area contributed by atoms with Crippen molar-refractivity contribution < 1.29 is 18.0 Å². The minimum Gasteiger partial charge on any atom is -0.318 e. The third-order valence-electron chi connectivity index (χ3n) is 3.03. The normalized spacial score (nSPS) is 11.6. The van der Waals surface area contributed by atoms with Gasteiger partial charge in [0.05, 0.1) is 5.56 Å². The first-order valence-corrected chi connectivity index (χ1v) is 5.66. The minimum absolute atomic E-state index is 0.401. The Morgan fingerprint density at radius 2 is 1.84 bits per heavy atom. The number of carbonyl (C=O) groups excluding carboxylic acids is 1. The van der Waals surface area contributed by atoms with Gasteiger partial charge in [-0.1, -0.05) is 6.07 Å². The van der Waals surface area contributed by atoms with Gasteiger partial charge in [0.15, 0.2) is 6.29 Å². The Bertz CT molecular complexity index is 626. The van der Waals surface area contributed by atoms with Crippen molar-refractivity contribution in [1.29, 1.82) is 0 Å². The highest BCUT2D eigenvalue weighted by Gasteiger charge is 2.30. The van der Waals surface area contributed by atoms with Crippen LogP contribution in [0.25, 0.3) is 5.69 Å². The molecule has 1 aromatic carbocycles. The van der Waals surface area contributed by atoms with Gasteiger partial charge < -0.3 is 4.57 Å². The molecule has 0 aliphatic rings. The van der Waals surface area contributed by atoms with Crippen LogP contribution in [0.1, 0.15) is 27.3 Å². The molecule has 0 atom stereocenters. The molecular formula is C14H12F3NO.